The summed E-state index contributed by atoms with van der Waals surface area (Å²) in [7, 11) is 0. The summed E-state index contributed by atoms with van der Waals surface area (Å²) in [6.45, 7) is -0.840. The molecule has 0 spiro atoms. The van der Waals surface area contributed by atoms with Crippen LogP contribution < -0.4 is 11.1 Å². The molecule has 1 aromatic carbocycles. The van der Waals surface area contributed by atoms with E-state index in [9.17, 15) is 13.2 Å². The van der Waals surface area contributed by atoms with Gasteiger partial charge in [0.2, 0.25) is 0 Å². The van der Waals surface area contributed by atoms with Crippen LogP contribution in [0.25, 0.3) is 0 Å². The Bertz CT molecular complexity index is 399. The number of hydrogen-bond donors (Lipinski definition) is 2. The molecule has 1 saturated carbocycles. The minimum atomic E-state index is -4.21. The predicted octanol–water partition coefficient (Wildman–Crippen LogP) is 2.72. The van der Waals surface area contributed by atoms with Gasteiger partial charge in [0, 0.05) is 12.6 Å². The fourth-order valence-electron chi connectivity index (χ4n) is 2.15. The van der Waals surface area contributed by atoms with Gasteiger partial charge in [-0.15, -0.1) is 0 Å². The fraction of sp³-hybridized carbons (Fsp3) is 0.538. The Morgan fingerprint density at radius 2 is 1.94 bits per heavy atom. The first-order valence-electron chi connectivity index (χ1n) is 6.10. The molecule has 2 rings (SSSR count). The third kappa shape index (κ3) is 3.46. The van der Waals surface area contributed by atoms with E-state index in [4.69, 9.17) is 5.73 Å². The molecule has 0 heterocycles. The van der Waals surface area contributed by atoms with Crippen LogP contribution in [0.5, 0.6) is 0 Å². The molecule has 5 heteroatoms. The van der Waals surface area contributed by atoms with Gasteiger partial charge >= 0.3 is 6.18 Å². The molecule has 0 radical (unpaired) electrons. The average molecular weight is 258 g/mol. The minimum absolute atomic E-state index is 0.166. The number of benzene rings is 1. The maximum Gasteiger partial charge on any atom is 0.401 e. The molecule has 2 nitrogen and oxygen atoms in total. The van der Waals surface area contributed by atoms with Crippen LogP contribution in [0, 0.1) is 0 Å². The van der Waals surface area contributed by atoms with E-state index < -0.39 is 18.8 Å². The molecule has 0 aromatic heterocycles. The Morgan fingerprint density at radius 3 is 2.50 bits per heavy atom. The van der Waals surface area contributed by atoms with Gasteiger partial charge in [0.1, 0.15) is 0 Å². The largest absolute Gasteiger partial charge is 0.401 e. The summed E-state index contributed by atoms with van der Waals surface area (Å²) in [6, 6.07) is 7.20. The number of rotatable bonds is 5. The van der Waals surface area contributed by atoms with Crippen molar-refractivity contribution >= 4 is 0 Å². The molecular weight excluding hydrogens is 241 g/mol. The Hall–Kier alpha value is -1.07. The Labute approximate surface area is 104 Å². The molecule has 0 saturated heterocycles. The van der Waals surface area contributed by atoms with Crippen LogP contribution in [-0.2, 0) is 0 Å². The van der Waals surface area contributed by atoms with E-state index in [0.29, 0.717) is 5.92 Å². The van der Waals surface area contributed by atoms with Crippen molar-refractivity contribution in [1.29, 1.82) is 0 Å². The lowest BCUT2D eigenvalue weighted by molar-refractivity contribution is -0.126. The van der Waals surface area contributed by atoms with Crippen molar-refractivity contribution in [2.75, 3.05) is 13.1 Å². The Balaban J connectivity index is 2.11. The lowest BCUT2D eigenvalue weighted by atomic mass is 9.97. The Kier molecular flexibility index (Phi) is 3.92. The molecule has 0 bridgehead atoms. The van der Waals surface area contributed by atoms with Crippen molar-refractivity contribution in [2.45, 2.75) is 31.0 Å². The summed E-state index contributed by atoms with van der Waals surface area (Å²) < 4.78 is 36.7. The van der Waals surface area contributed by atoms with Gasteiger partial charge in [-0.1, -0.05) is 24.3 Å². The second kappa shape index (κ2) is 5.28. The zero-order valence-corrected chi connectivity index (χ0v) is 10.0. The van der Waals surface area contributed by atoms with E-state index in [1.165, 1.54) is 0 Å². The molecule has 1 aromatic rings. The molecule has 0 aliphatic heterocycles. The van der Waals surface area contributed by atoms with Crippen LogP contribution >= 0.6 is 0 Å². The molecule has 100 valence electrons. The SMILES string of the molecule is NCC(NCC(F)(F)F)c1ccccc1C1CC1. The van der Waals surface area contributed by atoms with Crippen LogP contribution in [0.1, 0.15) is 35.9 Å². The van der Waals surface area contributed by atoms with Crippen molar-refractivity contribution in [3.05, 3.63) is 35.4 Å². The lowest BCUT2D eigenvalue weighted by Gasteiger charge is -2.21. The van der Waals surface area contributed by atoms with Gasteiger partial charge in [0.25, 0.3) is 0 Å². The van der Waals surface area contributed by atoms with Gasteiger partial charge in [-0.2, -0.15) is 13.2 Å². The van der Waals surface area contributed by atoms with E-state index in [-0.39, 0.29) is 6.54 Å². The summed E-state index contributed by atoms with van der Waals surface area (Å²) in [5, 5.41) is 2.50. The summed E-state index contributed by atoms with van der Waals surface area (Å²) in [4.78, 5) is 0. The lowest BCUT2D eigenvalue weighted by Crippen LogP contribution is -2.36. The van der Waals surface area contributed by atoms with Gasteiger partial charge < -0.3 is 11.1 Å². The highest BCUT2D eigenvalue weighted by atomic mass is 19.4. The number of hydrogen-bond acceptors (Lipinski definition) is 2. The van der Waals surface area contributed by atoms with E-state index in [0.717, 1.165) is 24.0 Å². The predicted molar refractivity (Wildman–Crippen MR) is 64.3 cm³/mol. The molecule has 18 heavy (non-hydrogen) atoms. The van der Waals surface area contributed by atoms with Crippen LogP contribution in [-0.4, -0.2) is 19.3 Å². The van der Waals surface area contributed by atoms with Crippen LogP contribution in [0.15, 0.2) is 24.3 Å². The molecule has 1 atom stereocenters. The summed E-state index contributed by atoms with van der Waals surface area (Å²) in [5.74, 6) is 0.503. The van der Waals surface area contributed by atoms with E-state index in [1.54, 1.807) is 0 Å². The second-order valence-corrected chi connectivity index (χ2v) is 4.69. The third-order valence-electron chi connectivity index (χ3n) is 3.17. The fourth-order valence-corrected chi connectivity index (χ4v) is 2.15. The normalized spacial score (nSPS) is 17.8. The summed E-state index contributed by atoms with van der Waals surface area (Å²) in [5.41, 5.74) is 7.64. The molecule has 3 N–H and O–H groups in total. The molecule has 1 aliphatic rings. The monoisotopic (exact) mass is 258 g/mol. The Morgan fingerprint density at radius 1 is 1.28 bits per heavy atom. The summed E-state index contributed by atoms with van der Waals surface area (Å²) in [6.07, 6.45) is -1.97. The first-order chi connectivity index (χ1) is 8.51. The second-order valence-electron chi connectivity index (χ2n) is 4.69. The number of halogens is 3. The van der Waals surface area contributed by atoms with Crippen molar-refractivity contribution in [3.63, 3.8) is 0 Å². The van der Waals surface area contributed by atoms with Crippen LogP contribution in [0.3, 0.4) is 0 Å². The standard InChI is InChI=1S/C13H17F3N2/c14-13(15,16)8-18-12(7-17)11-4-2-1-3-10(11)9-5-6-9/h1-4,9,12,18H,5-8,17H2. The van der Waals surface area contributed by atoms with E-state index in [2.05, 4.69) is 5.32 Å². The first kappa shape index (κ1) is 13.4. The van der Waals surface area contributed by atoms with Crippen molar-refractivity contribution in [1.82, 2.24) is 5.32 Å². The van der Waals surface area contributed by atoms with Gasteiger partial charge in [-0.25, -0.2) is 0 Å². The third-order valence-corrected chi connectivity index (χ3v) is 3.17. The molecule has 1 aliphatic carbocycles. The number of nitrogens with one attached hydrogen (secondary N) is 1. The van der Waals surface area contributed by atoms with Gasteiger partial charge in [-0.3, -0.25) is 0 Å². The van der Waals surface area contributed by atoms with Crippen molar-refractivity contribution < 1.29 is 13.2 Å². The van der Waals surface area contributed by atoms with E-state index >= 15 is 0 Å². The quantitative estimate of drug-likeness (QED) is 0.852. The first-order valence-corrected chi connectivity index (χ1v) is 6.10. The maximum atomic E-state index is 12.2. The minimum Gasteiger partial charge on any atom is -0.329 e. The van der Waals surface area contributed by atoms with Crippen LogP contribution in [0.2, 0.25) is 0 Å². The van der Waals surface area contributed by atoms with Crippen molar-refractivity contribution in [3.8, 4) is 0 Å². The summed E-state index contributed by atoms with van der Waals surface area (Å²) >= 11 is 0. The molecule has 1 unspecified atom stereocenters. The highest BCUT2D eigenvalue weighted by Crippen LogP contribution is 2.42. The molecule has 1 fully saturated rings. The van der Waals surface area contributed by atoms with Gasteiger partial charge in [-0.05, 0) is 29.9 Å². The topological polar surface area (TPSA) is 38.0 Å². The zero-order valence-electron chi connectivity index (χ0n) is 10.0. The average Bonchev–Trinajstić information content (AvgIpc) is 3.13. The van der Waals surface area contributed by atoms with Crippen LogP contribution in [0.4, 0.5) is 13.2 Å². The highest BCUT2D eigenvalue weighted by molar-refractivity contribution is 5.35. The van der Waals surface area contributed by atoms with Gasteiger partial charge in [0.15, 0.2) is 0 Å². The number of alkyl halides is 3. The zero-order chi connectivity index (χ0) is 13.2. The maximum absolute atomic E-state index is 12.2. The molecule has 0 amide bonds. The van der Waals surface area contributed by atoms with Crippen molar-refractivity contribution in [2.24, 2.45) is 5.73 Å². The van der Waals surface area contributed by atoms with Gasteiger partial charge in [0.05, 0.1) is 6.54 Å². The van der Waals surface area contributed by atoms with E-state index in [1.807, 2.05) is 24.3 Å². The smallest absolute Gasteiger partial charge is 0.329 e. The molecular formula is C13H17F3N2. The highest BCUT2D eigenvalue weighted by Gasteiger charge is 2.31. The number of nitrogens with two attached hydrogens (primary N) is 1.